The number of fused-ring (bicyclic) bond motifs is 4. The number of amides is 1. The molecular weight excluding hydrogens is 410 g/mol. The number of para-hydroxylation sites is 2. The number of nitrogens with zero attached hydrogens (tertiary/aromatic N) is 2. The highest BCUT2D eigenvalue weighted by molar-refractivity contribution is 7.71. The molecular formula is C23H21N5O2S. The van der Waals surface area contributed by atoms with Gasteiger partial charge in [-0.25, -0.2) is 9.55 Å². The Bertz CT molecular complexity index is 1370. The van der Waals surface area contributed by atoms with Crippen molar-refractivity contribution in [3.8, 4) is 0 Å². The van der Waals surface area contributed by atoms with Crippen LogP contribution in [0.25, 0.3) is 21.8 Å². The number of hydrogen-bond donors (Lipinski definition) is 3. The van der Waals surface area contributed by atoms with Gasteiger partial charge in [0.1, 0.15) is 11.9 Å². The topological polar surface area (TPSA) is 91.8 Å². The van der Waals surface area contributed by atoms with Crippen LogP contribution in [0.2, 0.25) is 0 Å². The first kappa shape index (κ1) is 19.4. The molecule has 2 aromatic carbocycles. The molecule has 0 bridgehead atoms. The average molecular weight is 432 g/mol. The highest BCUT2D eigenvalue weighted by Crippen LogP contribution is 2.29. The zero-order valence-electron chi connectivity index (χ0n) is 16.7. The van der Waals surface area contributed by atoms with Gasteiger partial charge >= 0.3 is 0 Å². The Balaban J connectivity index is 1.19. The van der Waals surface area contributed by atoms with Crippen LogP contribution in [0, 0.1) is 4.77 Å². The fourth-order valence-electron chi connectivity index (χ4n) is 4.10. The first-order valence-electron chi connectivity index (χ1n) is 10.3. The molecule has 0 saturated carbocycles. The zero-order valence-corrected chi connectivity index (χ0v) is 17.5. The van der Waals surface area contributed by atoms with Crippen molar-refractivity contribution in [1.29, 1.82) is 0 Å². The van der Waals surface area contributed by atoms with Gasteiger partial charge in [0.05, 0.1) is 5.52 Å². The summed E-state index contributed by atoms with van der Waals surface area (Å²) in [6.45, 7) is 0.548. The van der Waals surface area contributed by atoms with E-state index in [0.717, 1.165) is 22.8 Å². The van der Waals surface area contributed by atoms with Crippen molar-refractivity contribution in [2.75, 3.05) is 11.9 Å². The van der Waals surface area contributed by atoms with E-state index < -0.39 is 6.04 Å². The van der Waals surface area contributed by atoms with Gasteiger partial charge in [0, 0.05) is 35.5 Å². The van der Waals surface area contributed by atoms with Gasteiger partial charge in [0.25, 0.3) is 5.91 Å². The summed E-state index contributed by atoms with van der Waals surface area (Å²) in [7, 11) is 0. The minimum atomic E-state index is -0.492. The summed E-state index contributed by atoms with van der Waals surface area (Å²) >= 11 is 5.31. The van der Waals surface area contributed by atoms with Crippen molar-refractivity contribution < 1.29 is 9.59 Å². The number of aromatic amines is 1. The summed E-state index contributed by atoms with van der Waals surface area (Å²) in [6, 6.07) is 15.2. The second kappa shape index (κ2) is 7.96. The molecule has 4 aromatic rings. The van der Waals surface area contributed by atoms with E-state index in [1.165, 1.54) is 15.5 Å². The van der Waals surface area contributed by atoms with Gasteiger partial charge in [0.2, 0.25) is 10.7 Å². The van der Waals surface area contributed by atoms with Crippen LogP contribution in [0.5, 0.6) is 0 Å². The molecule has 5 rings (SSSR count). The molecule has 7 nitrogen and oxygen atoms in total. The molecule has 3 N–H and O–H groups in total. The normalized spacial score (nSPS) is 15.2. The smallest absolute Gasteiger partial charge is 0.257 e. The van der Waals surface area contributed by atoms with Crippen molar-refractivity contribution >= 4 is 51.7 Å². The summed E-state index contributed by atoms with van der Waals surface area (Å²) in [5.41, 5.74) is 3.01. The molecule has 1 aliphatic heterocycles. The fourth-order valence-corrected chi connectivity index (χ4v) is 4.38. The molecule has 0 spiro atoms. The number of rotatable bonds is 6. The number of anilines is 1. The Morgan fingerprint density at radius 2 is 1.90 bits per heavy atom. The van der Waals surface area contributed by atoms with E-state index in [2.05, 4.69) is 26.7 Å². The van der Waals surface area contributed by atoms with Crippen LogP contribution in [0.1, 0.15) is 23.2 Å². The van der Waals surface area contributed by atoms with Crippen LogP contribution in [-0.4, -0.2) is 38.9 Å². The third-order valence-corrected chi connectivity index (χ3v) is 5.94. The first-order chi connectivity index (χ1) is 15.1. The monoisotopic (exact) mass is 431 g/mol. The van der Waals surface area contributed by atoms with Gasteiger partial charge in [-0.1, -0.05) is 30.3 Å². The van der Waals surface area contributed by atoms with E-state index in [4.69, 9.17) is 12.2 Å². The molecule has 0 aliphatic carbocycles. The van der Waals surface area contributed by atoms with Crippen LogP contribution in [0.15, 0.2) is 54.7 Å². The van der Waals surface area contributed by atoms with Crippen LogP contribution in [0.4, 0.5) is 5.82 Å². The summed E-state index contributed by atoms with van der Waals surface area (Å²) in [4.78, 5) is 32.8. The number of H-pyrrole nitrogens is 1. The molecule has 0 fully saturated rings. The van der Waals surface area contributed by atoms with Crippen molar-refractivity contribution in [2.24, 2.45) is 0 Å². The summed E-state index contributed by atoms with van der Waals surface area (Å²) in [5, 5.41) is 8.22. The maximum atomic E-state index is 12.8. The number of carbonyl (C=O) groups is 2. The van der Waals surface area contributed by atoms with Gasteiger partial charge in [-0.3, -0.25) is 9.59 Å². The molecule has 1 atom stereocenters. The molecule has 1 unspecified atom stereocenters. The van der Waals surface area contributed by atoms with Crippen LogP contribution >= 0.6 is 12.2 Å². The standard InChI is InChI=1S/C23H21N5O2S/c29-20(24-12-11-14-13-25-17-7-3-1-5-15(14)17)10-9-19-22(30)28-21(26-19)16-6-2-4-8-18(16)27-23(28)31/h1-8,13,19,25-26H,9-12H2,(H,24,29). The van der Waals surface area contributed by atoms with Gasteiger partial charge in [-0.2, -0.15) is 0 Å². The quantitative estimate of drug-likeness (QED) is 0.404. The molecule has 8 heteroatoms. The van der Waals surface area contributed by atoms with Crippen LogP contribution < -0.4 is 10.6 Å². The lowest BCUT2D eigenvalue weighted by Crippen LogP contribution is -2.30. The summed E-state index contributed by atoms with van der Waals surface area (Å²) in [6.07, 6.45) is 3.37. The Morgan fingerprint density at radius 3 is 2.77 bits per heavy atom. The van der Waals surface area contributed by atoms with Gasteiger partial charge in [-0.15, -0.1) is 0 Å². The van der Waals surface area contributed by atoms with E-state index >= 15 is 0 Å². The van der Waals surface area contributed by atoms with E-state index in [1.807, 2.05) is 48.7 Å². The van der Waals surface area contributed by atoms with Gasteiger partial charge in [0.15, 0.2) is 0 Å². The average Bonchev–Trinajstić information content (AvgIpc) is 3.34. The zero-order chi connectivity index (χ0) is 21.4. The minimum Gasteiger partial charge on any atom is -0.361 e. The molecule has 0 saturated heterocycles. The molecule has 1 amide bonds. The van der Waals surface area contributed by atoms with Crippen LogP contribution in [0.3, 0.4) is 0 Å². The second-order valence-corrected chi connectivity index (χ2v) is 7.99. The Hall–Kier alpha value is -3.52. The van der Waals surface area contributed by atoms with Gasteiger partial charge < -0.3 is 15.6 Å². The number of nitrogens with one attached hydrogen (secondary N) is 3. The number of hydrogen-bond acceptors (Lipinski definition) is 5. The summed E-state index contributed by atoms with van der Waals surface area (Å²) < 4.78 is 1.67. The highest BCUT2D eigenvalue weighted by Gasteiger charge is 2.31. The van der Waals surface area contributed by atoms with Crippen molar-refractivity contribution in [3.63, 3.8) is 0 Å². The molecule has 1 aliphatic rings. The fraction of sp³-hybridized carbons (Fsp3) is 0.217. The number of aromatic nitrogens is 3. The summed E-state index contributed by atoms with van der Waals surface area (Å²) in [5.74, 6) is 0.423. The lowest BCUT2D eigenvalue weighted by Gasteiger charge is -2.09. The van der Waals surface area contributed by atoms with Crippen molar-refractivity contribution in [2.45, 2.75) is 25.3 Å². The SMILES string of the molecule is O=C(CCC1Nc2c3ccccc3nc(=S)n2C1=O)NCCc1c[nH]c2ccccc12. The van der Waals surface area contributed by atoms with E-state index in [0.29, 0.717) is 18.8 Å². The maximum absolute atomic E-state index is 12.8. The molecule has 2 aromatic heterocycles. The lowest BCUT2D eigenvalue weighted by molar-refractivity contribution is -0.121. The number of carbonyl (C=O) groups excluding carboxylic acids is 2. The van der Waals surface area contributed by atoms with Crippen molar-refractivity contribution in [3.05, 3.63) is 65.1 Å². The first-order valence-corrected chi connectivity index (χ1v) is 10.7. The molecule has 0 radical (unpaired) electrons. The molecule has 3 heterocycles. The van der Waals surface area contributed by atoms with E-state index in [1.54, 1.807) is 0 Å². The second-order valence-electron chi connectivity index (χ2n) is 7.63. The van der Waals surface area contributed by atoms with Gasteiger partial charge in [-0.05, 0) is 48.8 Å². The highest BCUT2D eigenvalue weighted by atomic mass is 32.1. The minimum absolute atomic E-state index is 0.0722. The maximum Gasteiger partial charge on any atom is 0.257 e. The van der Waals surface area contributed by atoms with Crippen LogP contribution in [-0.2, 0) is 11.2 Å². The Morgan fingerprint density at radius 1 is 1.13 bits per heavy atom. The predicted octanol–water partition coefficient (Wildman–Crippen LogP) is 3.82. The molecule has 31 heavy (non-hydrogen) atoms. The predicted molar refractivity (Wildman–Crippen MR) is 123 cm³/mol. The number of benzene rings is 2. The molecule has 156 valence electrons. The third-order valence-electron chi connectivity index (χ3n) is 5.67. The van der Waals surface area contributed by atoms with E-state index in [9.17, 15) is 9.59 Å². The Kier molecular flexibility index (Phi) is 4.99. The largest absolute Gasteiger partial charge is 0.361 e. The lowest BCUT2D eigenvalue weighted by atomic mass is 10.1. The van der Waals surface area contributed by atoms with E-state index in [-0.39, 0.29) is 23.0 Å². The van der Waals surface area contributed by atoms with Crippen molar-refractivity contribution in [1.82, 2.24) is 19.9 Å². The third kappa shape index (κ3) is 3.59. The Labute approximate surface area is 183 Å².